The second-order valence-corrected chi connectivity index (χ2v) is 7.59. The Labute approximate surface area is 121 Å². The predicted molar refractivity (Wildman–Crippen MR) is 85.7 cm³/mol. The van der Waals surface area contributed by atoms with Crippen molar-refractivity contribution < 1.29 is 0 Å². The van der Waals surface area contributed by atoms with E-state index in [0.29, 0.717) is 5.54 Å². The standard InChI is InChI=1S/C17H36N2/c1-6-7-8-9-10-11-12-13-19-15-16(2,3)18-14-17(19,4)5/h18H,6-15H2,1-5H3. The van der Waals surface area contributed by atoms with Gasteiger partial charge in [0.1, 0.15) is 0 Å². The van der Waals surface area contributed by atoms with Gasteiger partial charge in [0.2, 0.25) is 0 Å². The van der Waals surface area contributed by atoms with Crippen LogP contribution in [0.5, 0.6) is 0 Å². The summed E-state index contributed by atoms with van der Waals surface area (Å²) in [6.45, 7) is 15.2. The Bertz CT molecular complexity index is 246. The molecule has 0 bridgehead atoms. The van der Waals surface area contributed by atoms with Crippen molar-refractivity contribution >= 4 is 0 Å². The quantitative estimate of drug-likeness (QED) is 0.664. The number of nitrogens with one attached hydrogen (secondary N) is 1. The van der Waals surface area contributed by atoms with E-state index in [1.165, 1.54) is 58.0 Å². The van der Waals surface area contributed by atoms with Crippen molar-refractivity contribution in [3.63, 3.8) is 0 Å². The Morgan fingerprint density at radius 1 is 0.895 bits per heavy atom. The molecular formula is C17H36N2. The van der Waals surface area contributed by atoms with Crippen LogP contribution < -0.4 is 5.32 Å². The molecule has 0 aliphatic carbocycles. The third-order valence-electron chi connectivity index (χ3n) is 4.47. The van der Waals surface area contributed by atoms with Gasteiger partial charge in [-0.25, -0.2) is 0 Å². The summed E-state index contributed by atoms with van der Waals surface area (Å²) < 4.78 is 0. The second-order valence-electron chi connectivity index (χ2n) is 7.59. The summed E-state index contributed by atoms with van der Waals surface area (Å²) in [5.74, 6) is 0. The molecule has 0 amide bonds. The molecule has 0 aromatic carbocycles. The molecule has 0 aromatic heterocycles. The van der Waals surface area contributed by atoms with Crippen LogP contribution in [0, 0.1) is 0 Å². The van der Waals surface area contributed by atoms with Crippen LogP contribution in [0.15, 0.2) is 0 Å². The first-order chi connectivity index (χ1) is 8.87. The topological polar surface area (TPSA) is 15.3 Å². The van der Waals surface area contributed by atoms with Gasteiger partial charge >= 0.3 is 0 Å². The maximum atomic E-state index is 3.66. The van der Waals surface area contributed by atoms with Crippen LogP contribution in [0.1, 0.15) is 79.6 Å². The van der Waals surface area contributed by atoms with Crippen molar-refractivity contribution in [3.8, 4) is 0 Å². The van der Waals surface area contributed by atoms with Gasteiger partial charge in [-0.3, -0.25) is 4.90 Å². The second kappa shape index (κ2) is 7.64. The highest BCUT2D eigenvalue weighted by molar-refractivity contribution is 4.97. The lowest BCUT2D eigenvalue weighted by Gasteiger charge is -2.49. The summed E-state index contributed by atoms with van der Waals surface area (Å²) >= 11 is 0. The minimum absolute atomic E-state index is 0.274. The summed E-state index contributed by atoms with van der Waals surface area (Å²) in [5, 5.41) is 3.66. The molecular weight excluding hydrogens is 232 g/mol. The molecule has 1 heterocycles. The van der Waals surface area contributed by atoms with E-state index in [-0.39, 0.29) is 5.54 Å². The fourth-order valence-corrected chi connectivity index (χ4v) is 2.96. The van der Waals surface area contributed by atoms with Crippen molar-refractivity contribution in [1.82, 2.24) is 10.2 Å². The van der Waals surface area contributed by atoms with Gasteiger partial charge in [-0.15, -0.1) is 0 Å². The van der Waals surface area contributed by atoms with E-state index >= 15 is 0 Å². The maximum absolute atomic E-state index is 3.66. The van der Waals surface area contributed by atoms with Crippen LogP contribution in [0.2, 0.25) is 0 Å². The monoisotopic (exact) mass is 268 g/mol. The summed E-state index contributed by atoms with van der Waals surface area (Å²) in [4.78, 5) is 2.69. The first-order valence-corrected chi connectivity index (χ1v) is 8.37. The molecule has 1 rings (SSSR count). The van der Waals surface area contributed by atoms with E-state index < -0.39 is 0 Å². The molecule has 0 radical (unpaired) electrons. The van der Waals surface area contributed by atoms with Gasteiger partial charge in [0.25, 0.3) is 0 Å². The molecule has 0 atom stereocenters. The maximum Gasteiger partial charge on any atom is 0.0278 e. The molecule has 2 heteroatoms. The molecule has 0 saturated carbocycles. The lowest BCUT2D eigenvalue weighted by Crippen LogP contribution is -2.66. The highest BCUT2D eigenvalue weighted by atomic mass is 15.3. The average molecular weight is 268 g/mol. The zero-order chi connectivity index (χ0) is 14.4. The van der Waals surface area contributed by atoms with Crippen LogP contribution in [0.25, 0.3) is 0 Å². The number of piperazine rings is 1. The van der Waals surface area contributed by atoms with Crippen LogP contribution in [-0.4, -0.2) is 35.6 Å². The molecule has 2 nitrogen and oxygen atoms in total. The molecule has 114 valence electrons. The zero-order valence-corrected chi connectivity index (χ0v) is 14.0. The number of hydrogen-bond acceptors (Lipinski definition) is 2. The zero-order valence-electron chi connectivity index (χ0n) is 14.0. The van der Waals surface area contributed by atoms with Gasteiger partial charge in [0.05, 0.1) is 0 Å². The van der Waals surface area contributed by atoms with Gasteiger partial charge in [0, 0.05) is 24.2 Å². The minimum atomic E-state index is 0.274. The van der Waals surface area contributed by atoms with Crippen molar-refractivity contribution in [2.45, 2.75) is 90.6 Å². The number of nitrogens with zero attached hydrogens (tertiary/aromatic N) is 1. The predicted octanol–water partition coefficient (Wildman–Crippen LogP) is 4.20. The van der Waals surface area contributed by atoms with Gasteiger partial charge < -0.3 is 5.32 Å². The third-order valence-corrected chi connectivity index (χ3v) is 4.47. The molecule has 0 aromatic rings. The average Bonchev–Trinajstić information content (AvgIpc) is 2.33. The minimum Gasteiger partial charge on any atom is -0.309 e. The fourth-order valence-electron chi connectivity index (χ4n) is 2.96. The largest absolute Gasteiger partial charge is 0.309 e. The first-order valence-electron chi connectivity index (χ1n) is 8.37. The summed E-state index contributed by atoms with van der Waals surface area (Å²) in [6.07, 6.45) is 9.84. The number of hydrogen-bond donors (Lipinski definition) is 1. The summed E-state index contributed by atoms with van der Waals surface area (Å²) in [6, 6.07) is 0. The van der Waals surface area contributed by atoms with Gasteiger partial charge in [0.15, 0.2) is 0 Å². The normalized spacial score (nSPS) is 22.6. The SMILES string of the molecule is CCCCCCCCCN1CC(C)(C)NCC1(C)C. The third kappa shape index (κ3) is 6.27. The van der Waals surface area contributed by atoms with E-state index in [9.17, 15) is 0 Å². The lowest BCUT2D eigenvalue weighted by atomic mass is 9.91. The molecule has 0 spiro atoms. The van der Waals surface area contributed by atoms with Crippen LogP contribution in [-0.2, 0) is 0 Å². The van der Waals surface area contributed by atoms with E-state index in [4.69, 9.17) is 0 Å². The molecule has 1 N–H and O–H groups in total. The Balaban J connectivity index is 2.19. The highest BCUT2D eigenvalue weighted by Gasteiger charge is 2.36. The van der Waals surface area contributed by atoms with Gasteiger partial charge in [-0.05, 0) is 40.7 Å². The Morgan fingerprint density at radius 3 is 2.11 bits per heavy atom. The smallest absolute Gasteiger partial charge is 0.0278 e. The van der Waals surface area contributed by atoms with E-state index in [0.717, 1.165) is 6.54 Å². The molecule has 0 unspecified atom stereocenters. The molecule has 1 aliphatic rings. The van der Waals surface area contributed by atoms with E-state index in [2.05, 4.69) is 44.8 Å². The van der Waals surface area contributed by atoms with Crippen LogP contribution >= 0.6 is 0 Å². The van der Waals surface area contributed by atoms with Crippen molar-refractivity contribution in [3.05, 3.63) is 0 Å². The Kier molecular flexibility index (Phi) is 6.82. The Morgan fingerprint density at radius 2 is 1.47 bits per heavy atom. The van der Waals surface area contributed by atoms with E-state index in [1.807, 2.05) is 0 Å². The van der Waals surface area contributed by atoms with Crippen LogP contribution in [0.4, 0.5) is 0 Å². The van der Waals surface area contributed by atoms with Crippen LogP contribution in [0.3, 0.4) is 0 Å². The van der Waals surface area contributed by atoms with E-state index in [1.54, 1.807) is 0 Å². The number of unbranched alkanes of at least 4 members (excludes halogenated alkanes) is 6. The molecule has 1 aliphatic heterocycles. The fraction of sp³-hybridized carbons (Fsp3) is 1.00. The molecule has 1 saturated heterocycles. The van der Waals surface area contributed by atoms with Crippen molar-refractivity contribution in [1.29, 1.82) is 0 Å². The highest BCUT2D eigenvalue weighted by Crippen LogP contribution is 2.23. The van der Waals surface area contributed by atoms with Crippen molar-refractivity contribution in [2.24, 2.45) is 0 Å². The molecule has 1 fully saturated rings. The molecule has 19 heavy (non-hydrogen) atoms. The van der Waals surface area contributed by atoms with Gasteiger partial charge in [-0.1, -0.05) is 45.4 Å². The Hall–Kier alpha value is -0.0800. The first kappa shape index (κ1) is 17.0. The number of rotatable bonds is 8. The summed E-state index contributed by atoms with van der Waals surface area (Å²) in [7, 11) is 0. The lowest BCUT2D eigenvalue weighted by molar-refractivity contribution is 0.0379. The summed E-state index contributed by atoms with van der Waals surface area (Å²) in [5.41, 5.74) is 0.592. The van der Waals surface area contributed by atoms with Crippen molar-refractivity contribution in [2.75, 3.05) is 19.6 Å². The van der Waals surface area contributed by atoms with Gasteiger partial charge in [-0.2, -0.15) is 0 Å².